The van der Waals surface area contributed by atoms with E-state index in [0.717, 1.165) is 25.9 Å². The topological polar surface area (TPSA) is 102 Å². The molecular formula is C25H43N3O4S. The van der Waals surface area contributed by atoms with Crippen LogP contribution in [0.3, 0.4) is 0 Å². The number of ether oxygens (including phenoxy) is 1. The molecule has 0 aromatic heterocycles. The summed E-state index contributed by atoms with van der Waals surface area (Å²) in [6, 6.07) is 4.40. The van der Waals surface area contributed by atoms with Crippen LogP contribution in [-0.2, 0) is 10.0 Å². The number of amides is 1. The van der Waals surface area contributed by atoms with Crippen LogP contribution in [0.2, 0.25) is 0 Å². The number of nitrogens with one attached hydrogen (secondary N) is 1. The Balaban J connectivity index is 1.72. The number of methoxy groups -OCH3 is 1. The van der Waals surface area contributed by atoms with Crippen molar-refractivity contribution in [3.05, 3.63) is 23.8 Å². The minimum Gasteiger partial charge on any atom is -0.496 e. The molecule has 0 spiro atoms. The van der Waals surface area contributed by atoms with Crippen molar-refractivity contribution in [2.24, 2.45) is 5.14 Å². The van der Waals surface area contributed by atoms with Crippen LogP contribution >= 0.6 is 0 Å². The highest BCUT2D eigenvalue weighted by molar-refractivity contribution is 7.89. The van der Waals surface area contributed by atoms with E-state index in [4.69, 9.17) is 9.88 Å². The highest BCUT2D eigenvalue weighted by Crippen LogP contribution is 2.23. The fourth-order valence-corrected chi connectivity index (χ4v) is 5.11. The van der Waals surface area contributed by atoms with Gasteiger partial charge in [-0.25, -0.2) is 13.6 Å². The summed E-state index contributed by atoms with van der Waals surface area (Å²) in [6.45, 7) is 4.94. The van der Waals surface area contributed by atoms with Crippen LogP contribution in [0.15, 0.2) is 23.1 Å². The quantitative estimate of drug-likeness (QED) is 0.340. The number of likely N-dealkylation sites (tertiary alicyclic amines) is 1. The molecule has 33 heavy (non-hydrogen) atoms. The van der Waals surface area contributed by atoms with Crippen molar-refractivity contribution in [1.82, 2.24) is 10.2 Å². The van der Waals surface area contributed by atoms with Gasteiger partial charge in [0.2, 0.25) is 10.0 Å². The smallest absolute Gasteiger partial charge is 0.255 e. The van der Waals surface area contributed by atoms with Crippen molar-refractivity contribution < 1.29 is 17.9 Å². The molecule has 0 unspecified atom stereocenters. The monoisotopic (exact) mass is 481 g/mol. The predicted molar refractivity (Wildman–Crippen MR) is 133 cm³/mol. The number of benzene rings is 1. The summed E-state index contributed by atoms with van der Waals surface area (Å²) >= 11 is 0. The summed E-state index contributed by atoms with van der Waals surface area (Å²) in [6.07, 6.45) is 15.5. The Kier molecular flexibility index (Phi) is 12.2. The van der Waals surface area contributed by atoms with E-state index < -0.39 is 10.0 Å². The van der Waals surface area contributed by atoms with Gasteiger partial charge in [0.25, 0.3) is 5.91 Å². The summed E-state index contributed by atoms with van der Waals surface area (Å²) in [4.78, 5) is 15.1. The molecule has 1 aliphatic heterocycles. The van der Waals surface area contributed by atoms with Gasteiger partial charge in [0.15, 0.2) is 0 Å². The van der Waals surface area contributed by atoms with Crippen LogP contribution in [0.4, 0.5) is 0 Å². The second-order valence-corrected chi connectivity index (χ2v) is 10.7. The first-order valence-corrected chi connectivity index (χ1v) is 14.1. The van der Waals surface area contributed by atoms with E-state index in [1.54, 1.807) is 0 Å². The molecule has 3 N–H and O–H groups in total. The molecule has 0 radical (unpaired) electrons. The van der Waals surface area contributed by atoms with E-state index in [1.807, 2.05) is 0 Å². The zero-order valence-corrected chi connectivity index (χ0v) is 21.3. The molecule has 1 aromatic rings. The maximum absolute atomic E-state index is 12.8. The Morgan fingerprint density at radius 2 is 1.73 bits per heavy atom. The first-order chi connectivity index (χ1) is 15.9. The molecule has 1 amide bonds. The molecule has 2 rings (SSSR count). The molecular weight excluding hydrogens is 438 g/mol. The van der Waals surface area contributed by atoms with Crippen LogP contribution < -0.4 is 15.2 Å². The number of carbonyl (C=O) groups is 1. The lowest BCUT2D eigenvalue weighted by molar-refractivity contribution is 0.0937. The van der Waals surface area contributed by atoms with Gasteiger partial charge < -0.3 is 10.1 Å². The zero-order chi connectivity index (χ0) is 24.1. The molecule has 1 aromatic carbocycles. The number of nitrogens with zero attached hydrogens (tertiary/aromatic N) is 1. The Bertz CT molecular complexity index is 829. The first-order valence-electron chi connectivity index (χ1n) is 12.6. The lowest BCUT2D eigenvalue weighted by atomic mass is 10.1. The van der Waals surface area contributed by atoms with E-state index in [1.165, 1.54) is 89.5 Å². The molecule has 7 nitrogen and oxygen atoms in total. The van der Waals surface area contributed by atoms with Crippen molar-refractivity contribution >= 4 is 15.9 Å². The summed E-state index contributed by atoms with van der Waals surface area (Å²) in [5.74, 6) is -0.0170. The maximum atomic E-state index is 12.8. The predicted octanol–water partition coefficient (Wildman–Crippen LogP) is 4.46. The second-order valence-electron chi connectivity index (χ2n) is 9.13. The number of sulfonamides is 1. The highest BCUT2D eigenvalue weighted by atomic mass is 32.2. The Morgan fingerprint density at radius 1 is 1.09 bits per heavy atom. The molecule has 1 atom stereocenters. The standard InChI is InChI=1S/C25H43N3O4S/c1-3-4-5-6-7-8-9-10-11-12-17-28-18-13-14-21(28)20-27-25(29)23-19-22(33(26,30)31)15-16-24(23)32-2/h15-16,19,21H,3-14,17-18,20H2,1-2H3,(H,27,29)(H2,26,30,31)/t21-/m0/s1. The average Bonchev–Trinajstić information content (AvgIpc) is 3.25. The van der Waals surface area contributed by atoms with Crippen LogP contribution in [0.5, 0.6) is 5.75 Å². The van der Waals surface area contributed by atoms with Gasteiger partial charge in [-0.1, -0.05) is 64.7 Å². The van der Waals surface area contributed by atoms with Gasteiger partial charge in [-0.15, -0.1) is 0 Å². The number of hydrogen-bond donors (Lipinski definition) is 2. The SMILES string of the molecule is CCCCCCCCCCCCN1CCC[C@H]1CNC(=O)c1cc(S(N)(=O)=O)ccc1OC. The second kappa shape index (κ2) is 14.6. The molecule has 1 aliphatic rings. The normalized spacial score (nSPS) is 16.8. The largest absolute Gasteiger partial charge is 0.496 e. The molecule has 0 aliphatic carbocycles. The van der Waals surface area contributed by atoms with Crippen LogP contribution in [0.1, 0.15) is 94.3 Å². The Hall–Kier alpha value is -1.64. The third-order valence-corrected chi connectivity index (χ3v) is 7.45. The average molecular weight is 482 g/mol. The van der Waals surface area contributed by atoms with Gasteiger partial charge in [0.05, 0.1) is 17.6 Å². The van der Waals surface area contributed by atoms with Gasteiger partial charge in [-0.3, -0.25) is 9.69 Å². The third kappa shape index (κ3) is 9.63. The number of hydrogen-bond acceptors (Lipinski definition) is 5. The highest BCUT2D eigenvalue weighted by Gasteiger charge is 2.25. The van der Waals surface area contributed by atoms with E-state index in [9.17, 15) is 13.2 Å². The Morgan fingerprint density at radius 3 is 2.33 bits per heavy atom. The Labute approximate surface area is 200 Å². The molecule has 1 saturated heterocycles. The fraction of sp³-hybridized carbons (Fsp3) is 0.720. The van der Waals surface area contributed by atoms with Crippen molar-refractivity contribution in [3.8, 4) is 5.75 Å². The summed E-state index contributed by atoms with van der Waals surface area (Å²) in [5, 5.41) is 8.18. The third-order valence-electron chi connectivity index (χ3n) is 6.54. The van der Waals surface area contributed by atoms with Crippen LogP contribution in [-0.4, -0.2) is 52.0 Å². The summed E-state index contributed by atoms with van der Waals surface area (Å²) < 4.78 is 28.5. The fourth-order valence-electron chi connectivity index (χ4n) is 4.57. The van der Waals surface area contributed by atoms with Gasteiger partial charge in [-0.2, -0.15) is 0 Å². The zero-order valence-electron chi connectivity index (χ0n) is 20.5. The number of primary sulfonamides is 1. The molecule has 1 fully saturated rings. The van der Waals surface area contributed by atoms with E-state index in [-0.39, 0.29) is 16.4 Å². The van der Waals surface area contributed by atoms with Crippen molar-refractivity contribution in [3.63, 3.8) is 0 Å². The van der Waals surface area contributed by atoms with Crippen molar-refractivity contribution in [2.45, 2.75) is 94.9 Å². The molecule has 1 heterocycles. The van der Waals surface area contributed by atoms with Gasteiger partial charge >= 0.3 is 0 Å². The lowest BCUT2D eigenvalue weighted by Crippen LogP contribution is -2.40. The van der Waals surface area contributed by atoms with Gasteiger partial charge in [0, 0.05) is 12.6 Å². The minimum absolute atomic E-state index is 0.100. The van der Waals surface area contributed by atoms with Crippen LogP contribution in [0, 0.1) is 0 Å². The number of carbonyl (C=O) groups excluding carboxylic acids is 1. The van der Waals surface area contributed by atoms with Crippen molar-refractivity contribution in [2.75, 3.05) is 26.7 Å². The van der Waals surface area contributed by atoms with E-state index in [0.29, 0.717) is 18.3 Å². The van der Waals surface area contributed by atoms with Gasteiger partial charge in [0.1, 0.15) is 5.75 Å². The van der Waals surface area contributed by atoms with E-state index >= 15 is 0 Å². The first kappa shape index (κ1) is 27.6. The molecule has 8 heteroatoms. The minimum atomic E-state index is -3.89. The summed E-state index contributed by atoms with van der Waals surface area (Å²) in [5.41, 5.74) is 0.184. The van der Waals surface area contributed by atoms with Gasteiger partial charge in [-0.05, 0) is 50.6 Å². The number of nitrogens with two attached hydrogens (primary N) is 1. The lowest BCUT2D eigenvalue weighted by Gasteiger charge is -2.25. The molecule has 0 saturated carbocycles. The van der Waals surface area contributed by atoms with Crippen molar-refractivity contribution in [1.29, 1.82) is 0 Å². The van der Waals surface area contributed by atoms with E-state index in [2.05, 4.69) is 17.1 Å². The number of rotatable bonds is 16. The maximum Gasteiger partial charge on any atom is 0.255 e. The summed E-state index contributed by atoms with van der Waals surface area (Å²) in [7, 11) is -2.44. The molecule has 188 valence electrons. The van der Waals surface area contributed by atoms with Crippen LogP contribution in [0.25, 0.3) is 0 Å². The molecule has 0 bridgehead atoms. The number of unbranched alkanes of at least 4 members (excludes halogenated alkanes) is 9.